The minimum absolute atomic E-state index is 0.0701. The van der Waals surface area contributed by atoms with Crippen LogP contribution < -0.4 is 19.5 Å². The molecule has 2 aromatic rings. The summed E-state index contributed by atoms with van der Waals surface area (Å²) < 4.78 is 16.0. The molecular formula is C20H25NO4. The molecule has 0 bridgehead atoms. The van der Waals surface area contributed by atoms with Gasteiger partial charge in [-0.25, -0.2) is 0 Å². The van der Waals surface area contributed by atoms with E-state index in [1.165, 1.54) is 5.56 Å². The summed E-state index contributed by atoms with van der Waals surface area (Å²) >= 11 is 0. The fourth-order valence-electron chi connectivity index (χ4n) is 3.36. The lowest BCUT2D eigenvalue weighted by Gasteiger charge is -2.29. The van der Waals surface area contributed by atoms with Crippen molar-refractivity contribution in [3.05, 3.63) is 53.1 Å². The zero-order valence-corrected chi connectivity index (χ0v) is 14.9. The summed E-state index contributed by atoms with van der Waals surface area (Å²) in [5.74, 6) is 2.25. The molecule has 3 rings (SSSR count). The van der Waals surface area contributed by atoms with Gasteiger partial charge in [-0.05, 0) is 60.3 Å². The Balaban J connectivity index is 1.82. The van der Waals surface area contributed by atoms with Crippen LogP contribution in [0.5, 0.6) is 17.2 Å². The molecule has 5 heteroatoms. The minimum Gasteiger partial charge on any atom is -0.497 e. The van der Waals surface area contributed by atoms with Gasteiger partial charge in [-0.15, -0.1) is 0 Å². The van der Waals surface area contributed by atoms with Crippen LogP contribution in [0.15, 0.2) is 36.4 Å². The summed E-state index contributed by atoms with van der Waals surface area (Å²) in [5.41, 5.74) is 3.29. The van der Waals surface area contributed by atoms with E-state index in [2.05, 4.69) is 5.32 Å². The first-order chi connectivity index (χ1) is 12.2. The zero-order valence-electron chi connectivity index (χ0n) is 14.9. The predicted molar refractivity (Wildman–Crippen MR) is 96.6 cm³/mol. The molecule has 134 valence electrons. The Hall–Kier alpha value is -2.24. The second-order valence-corrected chi connectivity index (χ2v) is 6.19. The van der Waals surface area contributed by atoms with Crippen LogP contribution in [0.25, 0.3) is 0 Å². The summed E-state index contributed by atoms with van der Waals surface area (Å²) in [7, 11) is 4.92. The highest BCUT2D eigenvalue weighted by molar-refractivity contribution is 5.49. The molecule has 0 saturated carbocycles. The Kier molecular flexibility index (Phi) is 5.46. The van der Waals surface area contributed by atoms with Crippen LogP contribution in [0.2, 0.25) is 0 Å². The van der Waals surface area contributed by atoms with Crippen molar-refractivity contribution in [2.45, 2.75) is 25.0 Å². The van der Waals surface area contributed by atoms with Crippen LogP contribution in [-0.4, -0.2) is 33.0 Å². The quantitative estimate of drug-likeness (QED) is 0.844. The highest BCUT2D eigenvalue weighted by Gasteiger charge is 2.25. The largest absolute Gasteiger partial charge is 0.497 e. The van der Waals surface area contributed by atoms with Crippen molar-refractivity contribution >= 4 is 0 Å². The SMILES string of the molecule is COc1ccc([C@H](O)C[C@@H]2NCCc3cc(OC)c(OC)cc32)cc1. The Bertz CT molecular complexity index is 714. The van der Waals surface area contributed by atoms with Gasteiger partial charge in [0.1, 0.15) is 5.75 Å². The van der Waals surface area contributed by atoms with E-state index in [1.54, 1.807) is 21.3 Å². The third-order valence-electron chi connectivity index (χ3n) is 4.77. The summed E-state index contributed by atoms with van der Waals surface area (Å²) in [5, 5.41) is 14.2. The Morgan fingerprint density at radius 3 is 2.36 bits per heavy atom. The number of hydrogen-bond donors (Lipinski definition) is 2. The minimum atomic E-state index is -0.553. The van der Waals surface area contributed by atoms with E-state index < -0.39 is 6.10 Å². The van der Waals surface area contributed by atoms with E-state index in [9.17, 15) is 5.11 Å². The number of ether oxygens (including phenoxy) is 3. The summed E-state index contributed by atoms with van der Waals surface area (Å²) in [6.45, 7) is 0.877. The van der Waals surface area contributed by atoms with Gasteiger partial charge in [-0.1, -0.05) is 12.1 Å². The summed E-state index contributed by atoms with van der Waals surface area (Å²) in [4.78, 5) is 0. The van der Waals surface area contributed by atoms with Crippen LogP contribution in [0.1, 0.15) is 35.3 Å². The lowest BCUT2D eigenvalue weighted by Crippen LogP contribution is -2.31. The molecule has 0 spiro atoms. The average Bonchev–Trinajstić information content (AvgIpc) is 2.67. The van der Waals surface area contributed by atoms with Gasteiger partial charge in [0.25, 0.3) is 0 Å². The topological polar surface area (TPSA) is 60.0 Å². The van der Waals surface area contributed by atoms with E-state index in [1.807, 2.05) is 36.4 Å². The second-order valence-electron chi connectivity index (χ2n) is 6.19. The van der Waals surface area contributed by atoms with Crippen LogP contribution in [-0.2, 0) is 6.42 Å². The zero-order chi connectivity index (χ0) is 17.8. The van der Waals surface area contributed by atoms with Crippen molar-refractivity contribution in [3.63, 3.8) is 0 Å². The summed E-state index contributed by atoms with van der Waals surface area (Å²) in [6, 6.07) is 11.7. The third kappa shape index (κ3) is 3.72. The molecule has 0 radical (unpaired) electrons. The molecule has 0 saturated heterocycles. The van der Waals surface area contributed by atoms with Gasteiger partial charge in [-0.2, -0.15) is 0 Å². The van der Waals surface area contributed by atoms with Crippen LogP contribution in [0.3, 0.4) is 0 Å². The Morgan fingerprint density at radius 1 is 1.04 bits per heavy atom. The highest BCUT2D eigenvalue weighted by atomic mass is 16.5. The second kappa shape index (κ2) is 7.76. The number of fused-ring (bicyclic) bond motifs is 1. The van der Waals surface area contributed by atoms with E-state index in [-0.39, 0.29) is 6.04 Å². The molecule has 25 heavy (non-hydrogen) atoms. The van der Waals surface area contributed by atoms with Gasteiger partial charge < -0.3 is 24.6 Å². The van der Waals surface area contributed by atoms with E-state index >= 15 is 0 Å². The maximum absolute atomic E-state index is 10.7. The fourth-order valence-corrected chi connectivity index (χ4v) is 3.36. The van der Waals surface area contributed by atoms with E-state index in [4.69, 9.17) is 14.2 Å². The van der Waals surface area contributed by atoms with Crippen molar-refractivity contribution in [1.29, 1.82) is 0 Å². The first kappa shape index (κ1) is 17.6. The molecule has 0 fully saturated rings. The van der Waals surface area contributed by atoms with Gasteiger partial charge in [0.2, 0.25) is 0 Å². The molecule has 2 aromatic carbocycles. The van der Waals surface area contributed by atoms with Crippen LogP contribution >= 0.6 is 0 Å². The van der Waals surface area contributed by atoms with Gasteiger partial charge in [-0.3, -0.25) is 0 Å². The van der Waals surface area contributed by atoms with Gasteiger partial charge in [0, 0.05) is 6.04 Å². The van der Waals surface area contributed by atoms with Gasteiger partial charge >= 0.3 is 0 Å². The molecule has 0 aliphatic carbocycles. The Labute approximate surface area is 148 Å². The number of aliphatic hydroxyl groups is 1. The molecule has 0 amide bonds. The first-order valence-electron chi connectivity index (χ1n) is 8.46. The molecule has 5 nitrogen and oxygen atoms in total. The lowest BCUT2D eigenvalue weighted by molar-refractivity contribution is 0.150. The van der Waals surface area contributed by atoms with E-state index in [0.29, 0.717) is 12.2 Å². The maximum atomic E-state index is 10.7. The highest BCUT2D eigenvalue weighted by Crippen LogP contribution is 2.38. The Morgan fingerprint density at radius 2 is 1.72 bits per heavy atom. The standard InChI is InChI=1S/C20H25NO4/c1-23-15-6-4-13(5-7-15)18(22)12-17-16-11-20(25-3)19(24-2)10-14(16)8-9-21-17/h4-7,10-11,17-18,21-22H,8-9,12H2,1-3H3/t17-,18+/m0/s1. The monoisotopic (exact) mass is 343 g/mol. The third-order valence-corrected chi connectivity index (χ3v) is 4.77. The molecule has 1 aliphatic rings. The fraction of sp³-hybridized carbons (Fsp3) is 0.400. The summed E-state index contributed by atoms with van der Waals surface area (Å²) in [6.07, 6.45) is 0.974. The number of methoxy groups -OCH3 is 3. The van der Waals surface area contributed by atoms with Crippen molar-refractivity contribution in [2.24, 2.45) is 0 Å². The van der Waals surface area contributed by atoms with Crippen molar-refractivity contribution in [3.8, 4) is 17.2 Å². The van der Waals surface area contributed by atoms with E-state index in [0.717, 1.165) is 35.6 Å². The van der Waals surface area contributed by atoms with Crippen molar-refractivity contribution in [2.75, 3.05) is 27.9 Å². The molecule has 2 atom stereocenters. The lowest BCUT2D eigenvalue weighted by atomic mass is 9.89. The van der Waals surface area contributed by atoms with Crippen molar-refractivity contribution < 1.29 is 19.3 Å². The average molecular weight is 343 g/mol. The maximum Gasteiger partial charge on any atom is 0.161 e. The first-order valence-corrected chi connectivity index (χ1v) is 8.46. The van der Waals surface area contributed by atoms with Gasteiger partial charge in [0.05, 0.1) is 27.4 Å². The molecule has 2 N–H and O–H groups in total. The van der Waals surface area contributed by atoms with Crippen LogP contribution in [0.4, 0.5) is 0 Å². The predicted octanol–water partition coefficient (Wildman–Crippen LogP) is 3.02. The molecule has 1 aliphatic heterocycles. The van der Waals surface area contributed by atoms with Gasteiger partial charge in [0.15, 0.2) is 11.5 Å². The smallest absolute Gasteiger partial charge is 0.161 e. The number of aliphatic hydroxyl groups excluding tert-OH is 1. The molecule has 0 aromatic heterocycles. The normalized spacial score (nSPS) is 17.5. The number of benzene rings is 2. The number of hydrogen-bond acceptors (Lipinski definition) is 5. The number of rotatable bonds is 6. The molecule has 1 heterocycles. The van der Waals surface area contributed by atoms with Crippen molar-refractivity contribution in [1.82, 2.24) is 5.32 Å². The molecule has 0 unspecified atom stereocenters. The molecular weight excluding hydrogens is 318 g/mol. The van der Waals surface area contributed by atoms with Crippen LogP contribution in [0, 0.1) is 0 Å². The number of nitrogens with one attached hydrogen (secondary N) is 1.